The highest BCUT2D eigenvalue weighted by Crippen LogP contribution is 2.21. The van der Waals surface area contributed by atoms with E-state index in [9.17, 15) is 9.18 Å². The first-order valence-electron chi connectivity index (χ1n) is 7.02. The van der Waals surface area contributed by atoms with Crippen molar-refractivity contribution < 1.29 is 9.18 Å². The van der Waals surface area contributed by atoms with Gasteiger partial charge < -0.3 is 4.90 Å². The summed E-state index contributed by atoms with van der Waals surface area (Å²) in [6, 6.07) is 5.37. The van der Waals surface area contributed by atoms with Crippen LogP contribution in [0.4, 0.5) is 4.39 Å². The highest BCUT2D eigenvalue weighted by Gasteiger charge is 2.31. The van der Waals surface area contributed by atoms with Crippen molar-refractivity contribution >= 4 is 5.91 Å². The van der Waals surface area contributed by atoms with Gasteiger partial charge >= 0.3 is 0 Å². The van der Waals surface area contributed by atoms with Gasteiger partial charge in [0.1, 0.15) is 5.82 Å². The number of carbonyl (C=O) groups is 1. The normalized spacial score (nSPS) is 15.0. The number of hydrogen-bond acceptors (Lipinski definition) is 3. The summed E-state index contributed by atoms with van der Waals surface area (Å²) in [7, 11) is 0. The number of amides is 1. The summed E-state index contributed by atoms with van der Waals surface area (Å²) < 4.78 is 15.2. The molecule has 1 aromatic carbocycles. The Morgan fingerprint density at radius 3 is 2.90 bits per heavy atom. The summed E-state index contributed by atoms with van der Waals surface area (Å²) in [6.07, 6.45) is 4.42. The van der Waals surface area contributed by atoms with Crippen molar-refractivity contribution in [1.29, 1.82) is 0 Å². The zero-order valence-corrected chi connectivity index (χ0v) is 11.9. The molecule has 0 atom stereocenters. The predicted molar refractivity (Wildman–Crippen MR) is 75.1 cm³/mol. The van der Waals surface area contributed by atoms with Gasteiger partial charge in [-0.2, -0.15) is 0 Å². The third-order valence-electron chi connectivity index (χ3n) is 3.89. The molecule has 1 aliphatic heterocycles. The highest BCUT2D eigenvalue weighted by molar-refractivity contribution is 5.77. The number of rotatable bonds is 4. The van der Waals surface area contributed by atoms with Crippen LogP contribution in [0.2, 0.25) is 0 Å². The number of carbonyl (C=O) groups excluding carboxylic acids is 1. The molecule has 0 saturated carbocycles. The lowest BCUT2D eigenvalue weighted by Gasteiger charge is -2.38. The summed E-state index contributed by atoms with van der Waals surface area (Å²) >= 11 is 0. The summed E-state index contributed by atoms with van der Waals surface area (Å²) in [5.41, 5.74) is 1.49. The van der Waals surface area contributed by atoms with Crippen molar-refractivity contribution in [3.05, 3.63) is 47.5 Å². The van der Waals surface area contributed by atoms with Gasteiger partial charge in [0.05, 0.1) is 12.2 Å². The average molecular weight is 288 g/mol. The maximum Gasteiger partial charge on any atom is 0.223 e. The van der Waals surface area contributed by atoms with Crippen LogP contribution in [0.5, 0.6) is 0 Å². The minimum atomic E-state index is -0.213. The second-order valence-corrected chi connectivity index (χ2v) is 5.42. The standard InChI is InChI=1S/C15H17FN4O/c1-11-2-3-12(8-14(11)16)4-5-15(21)19-9-13(10-19)20-7-6-17-18-20/h2-3,6-8,13H,4-5,9-10H2,1H3. The van der Waals surface area contributed by atoms with Gasteiger partial charge in [0.15, 0.2) is 0 Å². The lowest BCUT2D eigenvalue weighted by atomic mass is 10.0. The topological polar surface area (TPSA) is 51.0 Å². The fraction of sp³-hybridized carbons (Fsp3) is 0.400. The van der Waals surface area contributed by atoms with E-state index < -0.39 is 0 Å². The van der Waals surface area contributed by atoms with Crippen molar-refractivity contribution in [2.24, 2.45) is 0 Å². The van der Waals surface area contributed by atoms with E-state index in [2.05, 4.69) is 10.3 Å². The Hall–Kier alpha value is -2.24. The molecule has 2 aromatic rings. The number of benzene rings is 1. The Morgan fingerprint density at radius 1 is 1.43 bits per heavy atom. The maximum atomic E-state index is 13.4. The first-order chi connectivity index (χ1) is 10.1. The Bertz CT molecular complexity index is 635. The van der Waals surface area contributed by atoms with E-state index in [1.54, 1.807) is 28.8 Å². The molecule has 0 unspecified atom stereocenters. The summed E-state index contributed by atoms with van der Waals surface area (Å²) in [5, 5.41) is 7.69. The number of hydrogen-bond donors (Lipinski definition) is 0. The molecule has 6 heteroatoms. The molecule has 3 rings (SSSR count). The third-order valence-corrected chi connectivity index (χ3v) is 3.89. The average Bonchev–Trinajstić information content (AvgIpc) is 2.92. The Kier molecular flexibility index (Phi) is 3.68. The molecular weight excluding hydrogens is 271 g/mol. The molecule has 0 spiro atoms. The predicted octanol–water partition coefficient (Wildman–Crippen LogP) is 1.74. The fourth-order valence-electron chi connectivity index (χ4n) is 2.44. The monoisotopic (exact) mass is 288 g/mol. The van der Waals surface area contributed by atoms with Crippen molar-refractivity contribution in [2.75, 3.05) is 13.1 Å². The molecule has 110 valence electrons. The van der Waals surface area contributed by atoms with Gasteiger partial charge in [-0.3, -0.25) is 4.79 Å². The van der Waals surface area contributed by atoms with Crippen LogP contribution in [0.15, 0.2) is 30.6 Å². The lowest BCUT2D eigenvalue weighted by Crippen LogP contribution is -2.50. The molecule has 5 nitrogen and oxygen atoms in total. The van der Waals surface area contributed by atoms with Crippen molar-refractivity contribution in [3.8, 4) is 0 Å². The lowest BCUT2D eigenvalue weighted by molar-refractivity contribution is -0.137. The summed E-state index contributed by atoms with van der Waals surface area (Å²) in [5.74, 6) is -0.109. The van der Waals surface area contributed by atoms with Crippen molar-refractivity contribution in [2.45, 2.75) is 25.8 Å². The number of nitrogens with zero attached hydrogens (tertiary/aromatic N) is 4. The van der Waals surface area contributed by atoms with Crippen LogP contribution in [0.25, 0.3) is 0 Å². The zero-order valence-electron chi connectivity index (χ0n) is 11.9. The van der Waals surface area contributed by atoms with E-state index in [1.165, 1.54) is 6.07 Å². The van der Waals surface area contributed by atoms with Crippen molar-refractivity contribution in [3.63, 3.8) is 0 Å². The molecular formula is C15H17FN4O. The minimum Gasteiger partial charge on any atom is -0.338 e. The van der Waals surface area contributed by atoms with E-state index in [-0.39, 0.29) is 17.8 Å². The van der Waals surface area contributed by atoms with Crippen LogP contribution in [0.1, 0.15) is 23.6 Å². The van der Waals surface area contributed by atoms with Crippen LogP contribution in [0, 0.1) is 12.7 Å². The summed E-state index contributed by atoms with van der Waals surface area (Å²) in [4.78, 5) is 13.9. The Morgan fingerprint density at radius 2 is 2.24 bits per heavy atom. The molecule has 0 N–H and O–H groups in total. The number of halogens is 1. The van der Waals surface area contributed by atoms with Crippen LogP contribution >= 0.6 is 0 Å². The Labute approximate surface area is 122 Å². The van der Waals surface area contributed by atoms with E-state index in [4.69, 9.17) is 0 Å². The van der Waals surface area contributed by atoms with Gasteiger partial charge in [-0.15, -0.1) is 5.10 Å². The second kappa shape index (κ2) is 5.63. The third kappa shape index (κ3) is 2.94. The van der Waals surface area contributed by atoms with E-state index in [0.717, 1.165) is 5.56 Å². The van der Waals surface area contributed by atoms with Crippen LogP contribution in [0.3, 0.4) is 0 Å². The highest BCUT2D eigenvalue weighted by atomic mass is 19.1. The molecule has 1 aromatic heterocycles. The molecule has 1 amide bonds. The number of likely N-dealkylation sites (tertiary alicyclic amines) is 1. The first-order valence-corrected chi connectivity index (χ1v) is 7.02. The zero-order chi connectivity index (χ0) is 14.8. The van der Waals surface area contributed by atoms with Crippen molar-refractivity contribution in [1.82, 2.24) is 19.9 Å². The SMILES string of the molecule is Cc1ccc(CCC(=O)N2CC(n3ccnn3)C2)cc1F. The van der Waals surface area contributed by atoms with Gasteiger partial charge in [-0.05, 0) is 30.5 Å². The molecule has 0 bridgehead atoms. The fourth-order valence-corrected chi connectivity index (χ4v) is 2.44. The Balaban J connectivity index is 1.48. The quantitative estimate of drug-likeness (QED) is 0.861. The smallest absolute Gasteiger partial charge is 0.223 e. The molecule has 1 saturated heterocycles. The van der Waals surface area contributed by atoms with Gasteiger partial charge in [0, 0.05) is 25.7 Å². The van der Waals surface area contributed by atoms with Crippen LogP contribution in [-0.2, 0) is 11.2 Å². The molecule has 21 heavy (non-hydrogen) atoms. The second-order valence-electron chi connectivity index (χ2n) is 5.42. The molecule has 1 fully saturated rings. The molecule has 2 heterocycles. The van der Waals surface area contributed by atoms with Gasteiger partial charge in [-0.1, -0.05) is 17.3 Å². The maximum absolute atomic E-state index is 13.4. The largest absolute Gasteiger partial charge is 0.338 e. The number of aromatic nitrogens is 3. The minimum absolute atomic E-state index is 0.104. The molecule has 0 radical (unpaired) electrons. The van der Waals surface area contributed by atoms with Gasteiger partial charge in [-0.25, -0.2) is 9.07 Å². The van der Waals surface area contributed by atoms with E-state index in [1.807, 2.05) is 12.3 Å². The van der Waals surface area contributed by atoms with Gasteiger partial charge in [0.2, 0.25) is 5.91 Å². The van der Waals surface area contributed by atoms with Gasteiger partial charge in [0.25, 0.3) is 0 Å². The molecule has 1 aliphatic rings. The number of aryl methyl sites for hydroxylation is 2. The molecule has 0 aliphatic carbocycles. The van der Waals surface area contributed by atoms with E-state index >= 15 is 0 Å². The first kappa shape index (κ1) is 13.7. The summed E-state index contributed by atoms with van der Waals surface area (Å²) in [6.45, 7) is 3.07. The van der Waals surface area contributed by atoms with Crippen LogP contribution < -0.4 is 0 Å². The van der Waals surface area contributed by atoms with Crippen LogP contribution in [-0.4, -0.2) is 38.9 Å². The van der Waals surface area contributed by atoms with E-state index in [0.29, 0.717) is 31.5 Å².